The molecule has 0 saturated carbocycles. The second-order valence-corrected chi connectivity index (χ2v) is 5.22. The largest absolute Gasteiger partial charge is 0.480 e. The highest BCUT2D eigenvalue weighted by molar-refractivity contribution is 6.30. The third-order valence-corrected chi connectivity index (χ3v) is 3.60. The van der Waals surface area contributed by atoms with Crippen molar-refractivity contribution < 1.29 is 9.90 Å². The monoisotopic (exact) mass is 293 g/mol. The maximum atomic E-state index is 10.8. The molecule has 0 aliphatic carbocycles. The molecular weight excluding hydrogens is 278 g/mol. The number of carboxylic acids is 1. The third-order valence-electron chi connectivity index (χ3n) is 3.37. The molecule has 6 heteroatoms. The third kappa shape index (κ3) is 3.62. The standard InChI is InChI=1S/C14H16ClN3O2/c15-12-3-2-11(9-16)13(8-12)18-5-1-4-17(6-7-18)10-14(19)20/h2-3,8H,1,4-7,10H2,(H,19,20). The number of nitrogens with zero attached hydrogens (tertiary/aromatic N) is 3. The normalized spacial score (nSPS) is 16.5. The van der Waals surface area contributed by atoms with Gasteiger partial charge in [-0.25, -0.2) is 0 Å². The molecule has 0 unspecified atom stereocenters. The van der Waals surface area contributed by atoms with Crippen LogP contribution in [0.4, 0.5) is 5.69 Å². The molecule has 1 fully saturated rings. The van der Waals surface area contributed by atoms with Crippen LogP contribution in [-0.4, -0.2) is 48.7 Å². The second kappa shape index (κ2) is 6.60. The number of carboxylic acid groups (broad SMARTS) is 1. The average Bonchev–Trinajstić information content (AvgIpc) is 2.63. The van der Waals surface area contributed by atoms with Crippen molar-refractivity contribution >= 4 is 23.3 Å². The molecule has 0 atom stereocenters. The highest BCUT2D eigenvalue weighted by atomic mass is 35.5. The lowest BCUT2D eigenvalue weighted by atomic mass is 10.1. The maximum Gasteiger partial charge on any atom is 0.317 e. The Labute approximate surface area is 123 Å². The summed E-state index contributed by atoms with van der Waals surface area (Å²) in [6, 6.07) is 7.40. The minimum Gasteiger partial charge on any atom is -0.480 e. The molecule has 0 spiro atoms. The number of aliphatic carboxylic acids is 1. The summed E-state index contributed by atoms with van der Waals surface area (Å²) in [4.78, 5) is 14.8. The van der Waals surface area contributed by atoms with Crippen LogP contribution < -0.4 is 4.90 Å². The van der Waals surface area contributed by atoms with Crippen molar-refractivity contribution in [1.82, 2.24) is 4.90 Å². The second-order valence-electron chi connectivity index (χ2n) is 4.78. The first kappa shape index (κ1) is 14.6. The number of anilines is 1. The molecule has 0 radical (unpaired) electrons. The molecule has 20 heavy (non-hydrogen) atoms. The zero-order valence-corrected chi connectivity index (χ0v) is 11.8. The van der Waals surface area contributed by atoms with Crippen LogP contribution in [0.25, 0.3) is 0 Å². The van der Waals surface area contributed by atoms with E-state index >= 15 is 0 Å². The fourth-order valence-electron chi connectivity index (χ4n) is 2.42. The van der Waals surface area contributed by atoms with Gasteiger partial charge in [0, 0.05) is 31.2 Å². The van der Waals surface area contributed by atoms with Gasteiger partial charge in [-0.05, 0) is 24.6 Å². The van der Waals surface area contributed by atoms with Crippen molar-refractivity contribution in [3.63, 3.8) is 0 Å². The summed E-state index contributed by atoms with van der Waals surface area (Å²) in [5.41, 5.74) is 1.43. The van der Waals surface area contributed by atoms with Gasteiger partial charge in [-0.3, -0.25) is 9.69 Å². The summed E-state index contributed by atoms with van der Waals surface area (Å²) in [6.07, 6.45) is 0.866. The minimum atomic E-state index is -0.807. The Morgan fingerprint density at radius 2 is 2.15 bits per heavy atom. The van der Waals surface area contributed by atoms with Crippen LogP contribution in [-0.2, 0) is 4.79 Å². The van der Waals surface area contributed by atoms with Gasteiger partial charge in [-0.1, -0.05) is 11.6 Å². The predicted molar refractivity (Wildman–Crippen MR) is 77.1 cm³/mol. The minimum absolute atomic E-state index is 0.0640. The number of hydrogen-bond acceptors (Lipinski definition) is 4. The molecule has 1 N–H and O–H groups in total. The van der Waals surface area contributed by atoms with Crippen molar-refractivity contribution in [3.8, 4) is 6.07 Å². The number of hydrogen-bond donors (Lipinski definition) is 1. The van der Waals surface area contributed by atoms with Gasteiger partial charge in [0.15, 0.2) is 0 Å². The first-order valence-electron chi connectivity index (χ1n) is 6.49. The van der Waals surface area contributed by atoms with Gasteiger partial charge >= 0.3 is 5.97 Å². The molecule has 0 bridgehead atoms. The average molecular weight is 294 g/mol. The van der Waals surface area contributed by atoms with E-state index in [1.807, 2.05) is 4.90 Å². The van der Waals surface area contributed by atoms with Crippen molar-refractivity contribution in [3.05, 3.63) is 28.8 Å². The lowest BCUT2D eigenvalue weighted by Crippen LogP contribution is -2.34. The lowest BCUT2D eigenvalue weighted by Gasteiger charge is -2.24. The first-order valence-corrected chi connectivity index (χ1v) is 6.86. The lowest BCUT2D eigenvalue weighted by molar-refractivity contribution is -0.138. The summed E-state index contributed by atoms with van der Waals surface area (Å²) >= 11 is 6.01. The maximum absolute atomic E-state index is 10.8. The Balaban J connectivity index is 2.13. The SMILES string of the molecule is N#Cc1ccc(Cl)cc1N1CCCN(CC(=O)O)CC1. The number of rotatable bonds is 3. The number of nitriles is 1. The molecule has 0 amide bonds. The highest BCUT2D eigenvalue weighted by Gasteiger charge is 2.19. The van der Waals surface area contributed by atoms with Crippen LogP contribution in [0.3, 0.4) is 0 Å². The Kier molecular flexibility index (Phi) is 4.83. The van der Waals surface area contributed by atoms with Crippen LogP contribution in [0.1, 0.15) is 12.0 Å². The summed E-state index contributed by atoms with van der Waals surface area (Å²) in [5, 5.41) is 18.6. The van der Waals surface area contributed by atoms with E-state index in [1.54, 1.807) is 18.2 Å². The Hall–Kier alpha value is -1.77. The summed E-state index contributed by atoms with van der Waals surface area (Å²) in [6.45, 7) is 2.98. The van der Waals surface area contributed by atoms with Gasteiger partial charge in [-0.2, -0.15) is 5.26 Å². The van der Waals surface area contributed by atoms with E-state index in [0.29, 0.717) is 23.7 Å². The number of halogens is 1. The fourth-order valence-corrected chi connectivity index (χ4v) is 2.59. The van der Waals surface area contributed by atoms with Crippen molar-refractivity contribution in [2.24, 2.45) is 0 Å². The molecule has 1 heterocycles. The van der Waals surface area contributed by atoms with Gasteiger partial charge < -0.3 is 10.0 Å². The summed E-state index contributed by atoms with van der Waals surface area (Å²) in [5.74, 6) is -0.807. The molecule has 5 nitrogen and oxygen atoms in total. The molecule has 1 saturated heterocycles. The van der Waals surface area contributed by atoms with Gasteiger partial charge in [-0.15, -0.1) is 0 Å². The van der Waals surface area contributed by atoms with E-state index in [2.05, 4.69) is 11.0 Å². The zero-order valence-electron chi connectivity index (χ0n) is 11.0. The van der Waals surface area contributed by atoms with Gasteiger partial charge in [0.25, 0.3) is 0 Å². The Morgan fingerprint density at radius 3 is 2.85 bits per heavy atom. The first-order chi connectivity index (χ1) is 9.60. The molecule has 1 aliphatic heterocycles. The van der Waals surface area contributed by atoms with Crippen molar-refractivity contribution in [2.45, 2.75) is 6.42 Å². The van der Waals surface area contributed by atoms with E-state index < -0.39 is 5.97 Å². The van der Waals surface area contributed by atoms with Crippen LogP contribution in [0.15, 0.2) is 18.2 Å². The van der Waals surface area contributed by atoms with E-state index in [1.165, 1.54) is 0 Å². The fraction of sp³-hybridized carbons (Fsp3) is 0.429. The van der Waals surface area contributed by atoms with Gasteiger partial charge in [0.2, 0.25) is 0 Å². The van der Waals surface area contributed by atoms with Gasteiger partial charge in [0.05, 0.1) is 17.8 Å². The topological polar surface area (TPSA) is 67.6 Å². The molecule has 106 valence electrons. The number of benzene rings is 1. The predicted octanol–water partition coefficient (Wildman–Crippen LogP) is 1.81. The van der Waals surface area contributed by atoms with Crippen LogP contribution >= 0.6 is 11.6 Å². The zero-order chi connectivity index (χ0) is 14.5. The van der Waals surface area contributed by atoms with Crippen LogP contribution in [0.2, 0.25) is 5.02 Å². The number of carbonyl (C=O) groups is 1. The molecule has 1 aromatic carbocycles. The molecule has 0 aromatic heterocycles. The van der Waals surface area contributed by atoms with Crippen LogP contribution in [0.5, 0.6) is 0 Å². The van der Waals surface area contributed by atoms with E-state index in [4.69, 9.17) is 16.7 Å². The Bertz CT molecular complexity index is 542. The van der Waals surface area contributed by atoms with E-state index in [-0.39, 0.29) is 6.54 Å². The highest BCUT2D eigenvalue weighted by Crippen LogP contribution is 2.25. The quantitative estimate of drug-likeness (QED) is 0.920. The molecule has 1 aromatic rings. The van der Waals surface area contributed by atoms with Gasteiger partial charge in [0.1, 0.15) is 6.07 Å². The molecule has 1 aliphatic rings. The summed E-state index contributed by atoms with van der Waals surface area (Å²) in [7, 11) is 0. The van der Waals surface area contributed by atoms with E-state index in [0.717, 1.165) is 25.2 Å². The van der Waals surface area contributed by atoms with Crippen LogP contribution in [0, 0.1) is 11.3 Å². The van der Waals surface area contributed by atoms with Crippen molar-refractivity contribution in [2.75, 3.05) is 37.6 Å². The summed E-state index contributed by atoms with van der Waals surface area (Å²) < 4.78 is 0. The Morgan fingerprint density at radius 1 is 1.35 bits per heavy atom. The van der Waals surface area contributed by atoms with E-state index in [9.17, 15) is 10.1 Å². The molecular formula is C14H16ClN3O2. The molecule has 2 rings (SSSR count). The smallest absolute Gasteiger partial charge is 0.317 e. The van der Waals surface area contributed by atoms with Crippen molar-refractivity contribution in [1.29, 1.82) is 5.26 Å².